The van der Waals surface area contributed by atoms with Gasteiger partial charge in [0.05, 0.1) is 5.57 Å². The van der Waals surface area contributed by atoms with Crippen molar-refractivity contribution in [3.8, 4) is 0 Å². The first-order valence-corrected chi connectivity index (χ1v) is 8.95. The number of halogens is 1. The molecule has 7 heteroatoms. The first-order chi connectivity index (χ1) is 14.0. The predicted molar refractivity (Wildman–Crippen MR) is 102 cm³/mol. The molecular weight excluding hydrogens is 375 g/mol. The van der Waals surface area contributed by atoms with Crippen LogP contribution in [-0.2, 0) is 16.1 Å². The van der Waals surface area contributed by atoms with Crippen LogP contribution in [0.4, 0.5) is 4.39 Å². The maximum absolute atomic E-state index is 13.2. The number of aliphatic hydroxyl groups excluding tert-OH is 1. The Morgan fingerprint density at radius 2 is 1.79 bits per heavy atom. The van der Waals surface area contributed by atoms with Crippen LogP contribution >= 0.6 is 0 Å². The lowest BCUT2D eigenvalue weighted by Gasteiger charge is -2.23. The summed E-state index contributed by atoms with van der Waals surface area (Å²) >= 11 is 0. The molecule has 1 N–H and O–H groups in total. The highest BCUT2D eigenvalue weighted by molar-refractivity contribution is 6.46. The van der Waals surface area contributed by atoms with E-state index >= 15 is 0 Å². The number of amides is 1. The normalized spacial score (nSPS) is 18.4. The molecule has 0 radical (unpaired) electrons. The maximum atomic E-state index is 13.2. The molecule has 1 saturated heterocycles. The lowest BCUT2D eigenvalue weighted by Crippen LogP contribution is -2.29. The van der Waals surface area contributed by atoms with Gasteiger partial charge in [-0.25, -0.2) is 4.39 Å². The molecule has 146 valence electrons. The number of ketones is 1. The molecular formula is C22H17FN2O4. The van der Waals surface area contributed by atoms with Gasteiger partial charge in [0.25, 0.3) is 11.7 Å². The van der Waals surface area contributed by atoms with Crippen molar-refractivity contribution < 1.29 is 23.5 Å². The number of likely N-dealkylation sites (tertiary alicyclic amines) is 1. The molecule has 6 nitrogen and oxygen atoms in total. The quantitative estimate of drug-likeness (QED) is 0.415. The van der Waals surface area contributed by atoms with E-state index in [1.807, 2.05) is 0 Å². The van der Waals surface area contributed by atoms with Crippen molar-refractivity contribution in [2.75, 3.05) is 0 Å². The summed E-state index contributed by atoms with van der Waals surface area (Å²) in [6.45, 7) is 1.81. The zero-order chi connectivity index (χ0) is 20.5. The summed E-state index contributed by atoms with van der Waals surface area (Å²) in [5.74, 6) is -1.29. The topological polar surface area (TPSA) is 83.6 Å². The largest absolute Gasteiger partial charge is 0.507 e. The van der Waals surface area contributed by atoms with Crippen molar-refractivity contribution in [3.05, 3.63) is 95.0 Å². The van der Waals surface area contributed by atoms with Crippen LogP contribution in [0.3, 0.4) is 0 Å². The molecule has 0 spiro atoms. The highest BCUT2D eigenvalue weighted by atomic mass is 19.1. The van der Waals surface area contributed by atoms with E-state index in [1.54, 1.807) is 43.3 Å². The first-order valence-electron chi connectivity index (χ1n) is 8.95. The SMILES string of the molecule is Cc1ccc(C2/C(=C(/O)c3ccncc3)C(=O)C(=O)N2Cc2ccc(F)cc2)o1. The van der Waals surface area contributed by atoms with Crippen molar-refractivity contribution in [2.24, 2.45) is 0 Å². The van der Waals surface area contributed by atoms with E-state index in [0.717, 1.165) is 0 Å². The standard InChI is InChI=1S/C22H17FN2O4/c1-13-2-7-17(29-13)19-18(20(26)15-8-10-24-11-9-15)21(27)22(28)25(19)12-14-3-5-16(23)6-4-14/h2-11,19,26H,12H2,1H3/b20-18-. The summed E-state index contributed by atoms with van der Waals surface area (Å²) in [7, 11) is 0. The van der Waals surface area contributed by atoms with Gasteiger partial charge in [-0.2, -0.15) is 0 Å². The van der Waals surface area contributed by atoms with Gasteiger partial charge in [0.2, 0.25) is 0 Å². The number of pyridine rings is 1. The van der Waals surface area contributed by atoms with Crippen molar-refractivity contribution in [3.63, 3.8) is 0 Å². The summed E-state index contributed by atoms with van der Waals surface area (Å²) in [5.41, 5.74) is 0.955. The summed E-state index contributed by atoms with van der Waals surface area (Å²) in [6.07, 6.45) is 2.96. The third-order valence-electron chi connectivity index (χ3n) is 4.79. The molecule has 1 aliphatic heterocycles. The molecule has 0 saturated carbocycles. The monoisotopic (exact) mass is 392 g/mol. The minimum absolute atomic E-state index is 0.0577. The Morgan fingerprint density at radius 1 is 1.10 bits per heavy atom. The van der Waals surface area contributed by atoms with Crippen LogP contribution in [0, 0.1) is 12.7 Å². The number of Topliss-reactive ketones (excluding diaryl/α,β-unsaturated/α-hetero) is 1. The van der Waals surface area contributed by atoms with Gasteiger partial charge in [-0.1, -0.05) is 12.1 Å². The number of carbonyl (C=O) groups excluding carboxylic acids is 2. The minimum Gasteiger partial charge on any atom is -0.507 e. The smallest absolute Gasteiger partial charge is 0.296 e. The van der Waals surface area contributed by atoms with Crippen molar-refractivity contribution in [1.82, 2.24) is 9.88 Å². The molecule has 1 amide bonds. The Kier molecular flexibility index (Phi) is 4.72. The Bertz CT molecular complexity index is 1100. The van der Waals surface area contributed by atoms with Crippen LogP contribution in [0.2, 0.25) is 0 Å². The summed E-state index contributed by atoms with van der Waals surface area (Å²) in [5, 5.41) is 10.8. The summed E-state index contributed by atoms with van der Waals surface area (Å²) < 4.78 is 18.9. The molecule has 1 aromatic carbocycles. The van der Waals surface area contributed by atoms with E-state index in [-0.39, 0.29) is 17.9 Å². The second-order valence-corrected chi connectivity index (χ2v) is 6.74. The van der Waals surface area contributed by atoms with Crippen LogP contribution in [0.5, 0.6) is 0 Å². The van der Waals surface area contributed by atoms with E-state index in [9.17, 15) is 19.1 Å². The number of carbonyl (C=O) groups is 2. The lowest BCUT2D eigenvalue weighted by atomic mass is 9.99. The number of hydrogen-bond donors (Lipinski definition) is 1. The molecule has 1 aliphatic rings. The van der Waals surface area contributed by atoms with E-state index in [2.05, 4.69) is 4.98 Å². The number of hydrogen-bond acceptors (Lipinski definition) is 5. The van der Waals surface area contributed by atoms with Gasteiger partial charge in [0, 0.05) is 24.5 Å². The van der Waals surface area contributed by atoms with Crippen molar-refractivity contribution in [2.45, 2.75) is 19.5 Å². The molecule has 1 atom stereocenters. The Balaban J connectivity index is 1.83. The second kappa shape index (κ2) is 7.35. The fourth-order valence-corrected chi connectivity index (χ4v) is 3.39. The average Bonchev–Trinajstić information content (AvgIpc) is 3.26. The van der Waals surface area contributed by atoms with E-state index < -0.39 is 23.5 Å². The van der Waals surface area contributed by atoms with Crippen LogP contribution in [0.15, 0.2) is 70.9 Å². The predicted octanol–water partition coefficient (Wildman–Crippen LogP) is 3.74. The van der Waals surface area contributed by atoms with Gasteiger partial charge in [-0.15, -0.1) is 0 Å². The molecule has 2 aromatic heterocycles. The zero-order valence-corrected chi connectivity index (χ0v) is 15.5. The molecule has 29 heavy (non-hydrogen) atoms. The Labute approximate surface area is 165 Å². The Hall–Kier alpha value is -3.74. The van der Waals surface area contributed by atoms with Gasteiger partial charge >= 0.3 is 0 Å². The molecule has 1 fully saturated rings. The van der Waals surface area contributed by atoms with Gasteiger partial charge in [0.15, 0.2) is 0 Å². The van der Waals surface area contributed by atoms with Crippen LogP contribution in [0.1, 0.15) is 28.7 Å². The highest BCUT2D eigenvalue weighted by Gasteiger charge is 2.47. The molecule has 0 bridgehead atoms. The fraction of sp³-hybridized carbons (Fsp3) is 0.136. The highest BCUT2D eigenvalue weighted by Crippen LogP contribution is 2.40. The third kappa shape index (κ3) is 3.42. The fourth-order valence-electron chi connectivity index (χ4n) is 3.39. The number of nitrogens with zero attached hydrogens (tertiary/aromatic N) is 2. The summed E-state index contributed by atoms with van der Waals surface area (Å²) in [4.78, 5) is 30.9. The lowest BCUT2D eigenvalue weighted by molar-refractivity contribution is -0.140. The number of aliphatic hydroxyl groups is 1. The van der Waals surface area contributed by atoms with Crippen LogP contribution < -0.4 is 0 Å². The first kappa shape index (κ1) is 18.6. The average molecular weight is 392 g/mol. The summed E-state index contributed by atoms with van der Waals surface area (Å²) in [6, 6.07) is 11.2. The van der Waals surface area contributed by atoms with Gasteiger partial charge in [-0.05, 0) is 48.9 Å². The number of aromatic nitrogens is 1. The molecule has 3 heterocycles. The number of aryl methyl sites for hydroxylation is 1. The third-order valence-corrected chi connectivity index (χ3v) is 4.79. The zero-order valence-electron chi connectivity index (χ0n) is 15.5. The molecule has 0 aliphatic carbocycles. The minimum atomic E-state index is -0.901. The number of benzene rings is 1. The molecule has 4 rings (SSSR count). The van der Waals surface area contributed by atoms with Crippen molar-refractivity contribution >= 4 is 17.4 Å². The number of furan rings is 1. The van der Waals surface area contributed by atoms with Crippen LogP contribution in [0.25, 0.3) is 5.76 Å². The molecule has 3 aromatic rings. The van der Waals surface area contributed by atoms with Crippen molar-refractivity contribution in [1.29, 1.82) is 0 Å². The van der Waals surface area contributed by atoms with Gasteiger partial charge in [-0.3, -0.25) is 14.6 Å². The Morgan fingerprint density at radius 3 is 2.41 bits per heavy atom. The van der Waals surface area contributed by atoms with Gasteiger partial charge < -0.3 is 14.4 Å². The van der Waals surface area contributed by atoms with E-state index in [4.69, 9.17) is 4.42 Å². The van der Waals surface area contributed by atoms with Crippen LogP contribution in [-0.4, -0.2) is 26.7 Å². The number of rotatable bonds is 4. The van der Waals surface area contributed by atoms with E-state index in [0.29, 0.717) is 22.6 Å². The maximum Gasteiger partial charge on any atom is 0.296 e. The second-order valence-electron chi connectivity index (χ2n) is 6.74. The van der Waals surface area contributed by atoms with E-state index in [1.165, 1.54) is 29.4 Å². The molecule has 1 unspecified atom stereocenters. The van der Waals surface area contributed by atoms with Gasteiger partial charge in [0.1, 0.15) is 29.1 Å².